The molecule has 1 aliphatic heterocycles. The maximum Gasteiger partial charge on any atom is 0.160 e. The van der Waals surface area contributed by atoms with Gasteiger partial charge < -0.3 is 9.30 Å². The van der Waals surface area contributed by atoms with E-state index in [0.29, 0.717) is 5.82 Å². The van der Waals surface area contributed by atoms with E-state index in [-0.39, 0.29) is 0 Å². The molecule has 0 saturated carbocycles. The SMILES string of the molecule is c1ccc2c(c1)Oc1cccc3nc(-c4ccc(-n5c6ccccc6c6c7c8ccccc8c8ccccc8c7c7ccccc7c65)cc4)nc-2c13. The lowest BCUT2D eigenvalue weighted by Crippen LogP contribution is -2.02. The average Bonchev–Trinajstić information content (AvgIpc) is 3.56. The number of hydrogen-bond acceptors (Lipinski definition) is 3. The number of fused-ring (bicyclic) bond motifs is 15. The molecule has 9 aromatic carbocycles. The van der Waals surface area contributed by atoms with Crippen LogP contribution in [0.3, 0.4) is 0 Å². The highest BCUT2D eigenvalue weighted by Crippen LogP contribution is 2.48. The topological polar surface area (TPSA) is 39.9 Å². The van der Waals surface area contributed by atoms with Crippen molar-refractivity contribution in [2.45, 2.75) is 0 Å². The van der Waals surface area contributed by atoms with Crippen LogP contribution in [-0.2, 0) is 0 Å². The number of rotatable bonds is 2. The Balaban J connectivity index is 1.15. The lowest BCUT2D eigenvalue weighted by Gasteiger charge is -2.20. The molecule has 0 atom stereocenters. The third-order valence-corrected chi connectivity index (χ3v) is 10.9. The van der Waals surface area contributed by atoms with Crippen LogP contribution in [0.1, 0.15) is 0 Å². The predicted octanol–water partition coefficient (Wildman–Crippen LogP) is 12.8. The van der Waals surface area contributed by atoms with Crippen molar-refractivity contribution in [1.29, 1.82) is 0 Å². The molecule has 2 aromatic heterocycles. The Morgan fingerprint density at radius 2 is 1.00 bits per heavy atom. The normalized spacial score (nSPS) is 12.4. The zero-order valence-corrected chi connectivity index (χ0v) is 27.8. The van der Waals surface area contributed by atoms with Gasteiger partial charge in [-0.1, -0.05) is 109 Å². The summed E-state index contributed by atoms with van der Waals surface area (Å²) >= 11 is 0. The summed E-state index contributed by atoms with van der Waals surface area (Å²) < 4.78 is 8.69. The van der Waals surface area contributed by atoms with Crippen LogP contribution >= 0.6 is 0 Å². The molecule has 3 heterocycles. The minimum Gasteiger partial charge on any atom is -0.456 e. The number of benzene rings is 9. The predicted molar refractivity (Wildman–Crippen MR) is 215 cm³/mol. The van der Waals surface area contributed by atoms with Crippen LogP contribution in [0.4, 0.5) is 0 Å². The summed E-state index contributed by atoms with van der Waals surface area (Å²) in [6.45, 7) is 0. The third kappa shape index (κ3) is 3.65. The van der Waals surface area contributed by atoms with E-state index in [1.54, 1.807) is 0 Å². The van der Waals surface area contributed by atoms with Gasteiger partial charge in [0.1, 0.15) is 11.5 Å². The summed E-state index contributed by atoms with van der Waals surface area (Å²) in [4.78, 5) is 10.2. The van der Waals surface area contributed by atoms with Gasteiger partial charge in [0.15, 0.2) is 5.82 Å². The zero-order valence-electron chi connectivity index (χ0n) is 27.8. The standard InChI is InChI=1S/C48H27N3O/c1-3-14-32-30(12-1)31-13-2-4-15-33(31)43-42(32)34-16-5-6-17-35(34)47-44(43)36-18-7-9-21-39(36)51(47)29-26-24-28(25-27-29)48-49-38-20-11-23-41-45(38)46(50-48)37-19-8-10-22-40(37)52-41/h1-27H. The highest BCUT2D eigenvalue weighted by atomic mass is 16.5. The maximum absolute atomic E-state index is 6.24. The second kappa shape index (κ2) is 10.3. The van der Waals surface area contributed by atoms with E-state index < -0.39 is 0 Å². The van der Waals surface area contributed by atoms with Crippen LogP contribution in [0, 0.1) is 0 Å². The average molecular weight is 662 g/mol. The Morgan fingerprint density at radius 1 is 0.404 bits per heavy atom. The van der Waals surface area contributed by atoms with Crippen molar-refractivity contribution in [1.82, 2.24) is 14.5 Å². The fourth-order valence-corrected chi connectivity index (χ4v) is 8.79. The van der Waals surface area contributed by atoms with E-state index in [9.17, 15) is 0 Å². The number of para-hydroxylation sites is 2. The van der Waals surface area contributed by atoms with E-state index in [1.165, 1.54) is 64.9 Å². The Hall–Kier alpha value is -7.04. The molecule has 240 valence electrons. The molecular weight excluding hydrogens is 635 g/mol. The molecule has 1 aliphatic rings. The molecule has 52 heavy (non-hydrogen) atoms. The lowest BCUT2D eigenvalue weighted by molar-refractivity contribution is 0.486. The fraction of sp³-hybridized carbons (Fsp3) is 0. The van der Waals surface area contributed by atoms with E-state index >= 15 is 0 Å². The van der Waals surface area contributed by atoms with E-state index in [2.05, 4.69) is 132 Å². The third-order valence-electron chi connectivity index (χ3n) is 10.9. The molecule has 0 fully saturated rings. The summed E-state index contributed by atoms with van der Waals surface area (Å²) in [5.41, 5.74) is 7.20. The Morgan fingerprint density at radius 3 is 1.77 bits per heavy atom. The second-order valence-corrected chi connectivity index (χ2v) is 13.7. The highest BCUT2D eigenvalue weighted by molar-refractivity contribution is 6.42. The van der Waals surface area contributed by atoms with Crippen molar-refractivity contribution in [3.05, 3.63) is 164 Å². The van der Waals surface area contributed by atoms with Crippen LogP contribution < -0.4 is 4.74 Å². The molecule has 0 amide bonds. The van der Waals surface area contributed by atoms with Crippen LogP contribution in [0.2, 0.25) is 0 Å². The molecule has 4 nitrogen and oxygen atoms in total. The summed E-state index contributed by atoms with van der Waals surface area (Å²) in [5, 5.41) is 13.7. The first-order valence-corrected chi connectivity index (χ1v) is 17.7. The van der Waals surface area contributed by atoms with Gasteiger partial charge >= 0.3 is 0 Å². The van der Waals surface area contributed by atoms with Crippen molar-refractivity contribution in [2.24, 2.45) is 0 Å². The van der Waals surface area contributed by atoms with Crippen LogP contribution in [0.15, 0.2) is 164 Å². The molecule has 0 saturated heterocycles. The summed E-state index contributed by atoms with van der Waals surface area (Å²) in [5.74, 6) is 2.30. The molecule has 0 aliphatic carbocycles. The molecule has 12 rings (SSSR count). The van der Waals surface area contributed by atoms with Gasteiger partial charge in [0.05, 0.1) is 27.6 Å². The minimum atomic E-state index is 0.694. The van der Waals surface area contributed by atoms with Crippen molar-refractivity contribution in [3.63, 3.8) is 0 Å². The molecule has 0 unspecified atom stereocenters. The quantitative estimate of drug-likeness (QED) is 0.173. The second-order valence-electron chi connectivity index (χ2n) is 13.7. The van der Waals surface area contributed by atoms with Gasteiger partial charge in [0.25, 0.3) is 0 Å². The van der Waals surface area contributed by atoms with E-state index in [1.807, 2.05) is 36.4 Å². The smallest absolute Gasteiger partial charge is 0.160 e. The fourth-order valence-electron chi connectivity index (χ4n) is 8.79. The van der Waals surface area contributed by atoms with E-state index in [4.69, 9.17) is 14.7 Å². The minimum absolute atomic E-state index is 0.694. The van der Waals surface area contributed by atoms with Gasteiger partial charge in [-0.15, -0.1) is 0 Å². The number of hydrogen-bond donors (Lipinski definition) is 0. The Labute approximate surface area is 297 Å². The number of aromatic nitrogens is 3. The van der Waals surface area contributed by atoms with Gasteiger partial charge in [-0.2, -0.15) is 0 Å². The zero-order chi connectivity index (χ0) is 33.9. The van der Waals surface area contributed by atoms with Crippen molar-refractivity contribution < 1.29 is 4.74 Å². The van der Waals surface area contributed by atoms with Crippen LogP contribution in [-0.4, -0.2) is 14.5 Å². The van der Waals surface area contributed by atoms with Gasteiger partial charge in [-0.25, -0.2) is 9.97 Å². The first-order chi connectivity index (χ1) is 25.8. The van der Waals surface area contributed by atoms with Crippen molar-refractivity contribution in [2.75, 3.05) is 0 Å². The van der Waals surface area contributed by atoms with Crippen molar-refractivity contribution in [3.8, 4) is 39.8 Å². The van der Waals surface area contributed by atoms with Gasteiger partial charge in [0, 0.05) is 38.4 Å². The maximum atomic E-state index is 6.24. The molecule has 0 radical (unpaired) electrons. The molecule has 0 N–H and O–H groups in total. The van der Waals surface area contributed by atoms with Gasteiger partial charge in [-0.3, -0.25) is 0 Å². The molecular formula is C48H27N3O. The Bertz CT molecular complexity index is 3320. The monoisotopic (exact) mass is 661 g/mol. The lowest BCUT2D eigenvalue weighted by atomic mass is 9.88. The first-order valence-electron chi connectivity index (χ1n) is 17.7. The summed E-state index contributed by atoms with van der Waals surface area (Å²) in [6.07, 6.45) is 0. The highest BCUT2D eigenvalue weighted by Gasteiger charge is 2.24. The summed E-state index contributed by atoms with van der Waals surface area (Å²) in [6, 6.07) is 58.4. The first kappa shape index (κ1) is 27.7. The van der Waals surface area contributed by atoms with Crippen molar-refractivity contribution >= 4 is 75.8 Å². The van der Waals surface area contributed by atoms with Gasteiger partial charge in [-0.05, 0) is 86.9 Å². The number of ether oxygens (including phenoxy) is 1. The van der Waals surface area contributed by atoms with Gasteiger partial charge in [0.2, 0.25) is 0 Å². The number of nitrogens with zero attached hydrogens (tertiary/aromatic N) is 3. The van der Waals surface area contributed by atoms with Crippen LogP contribution in [0.25, 0.3) is 104 Å². The molecule has 4 heteroatoms. The summed E-state index contributed by atoms with van der Waals surface area (Å²) in [7, 11) is 0. The molecule has 11 aromatic rings. The van der Waals surface area contributed by atoms with Crippen LogP contribution in [0.5, 0.6) is 11.5 Å². The molecule has 0 bridgehead atoms. The Kier molecular flexibility index (Phi) is 5.47. The largest absolute Gasteiger partial charge is 0.456 e. The molecule has 0 spiro atoms. The van der Waals surface area contributed by atoms with E-state index in [0.717, 1.165) is 44.9 Å².